The molecule has 2 heterocycles. The number of ether oxygens (including phenoxy) is 1. The van der Waals surface area contributed by atoms with Crippen LogP contribution in [0.5, 0.6) is 0 Å². The van der Waals surface area contributed by atoms with E-state index in [2.05, 4.69) is 15.3 Å². The first kappa shape index (κ1) is 13.5. The molecule has 0 fully saturated rings. The van der Waals surface area contributed by atoms with Crippen molar-refractivity contribution in [2.75, 3.05) is 12.3 Å². The molecular weight excluding hydrogens is 264 g/mol. The molecule has 2 rings (SSSR count). The fraction of sp³-hybridized carbons (Fsp3) is 0.182. The van der Waals surface area contributed by atoms with Crippen LogP contribution in [0.4, 0.5) is 5.69 Å². The van der Waals surface area contributed by atoms with E-state index >= 15 is 0 Å². The van der Waals surface area contributed by atoms with Crippen molar-refractivity contribution in [3.05, 3.63) is 29.7 Å². The maximum atomic E-state index is 11.6. The molecule has 0 spiro atoms. The minimum atomic E-state index is -0.684. The van der Waals surface area contributed by atoms with E-state index in [1.54, 1.807) is 6.92 Å². The molecule has 0 aromatic carbocycles. The highest BCUT2D eigenvalue weighted by molar-refractivity contribution is 5.92. The molecule has 2 aromatic rings. The molecule has 9 heteroatoms. The van der Waals surface area contributed by atoms with Crippen LogP contribution in [-0.2, 0) is 4.74 Å². The van der Waals surface area contributed by atoms with Gasteiger partial charge < -0.3 is 16.2 Å². The first-order chi connectivity index (χ1) is 9.52. The van der Waals surface area contributed by atoms with E-state index in [1.807, 2.05) is 0 Å². The van der Waals surface area contributed by atoms with Crippen LogP contribution in [0.3, 0.4) is 0 Å². The Hall–Kier alpha value is -2.97. The van der Waals surface area contributed by atoms with Crippen molar-refractivity contribution >= 4 is 17.6 Å². The summed E-state index contributed by atoms with van der Waals surface area (Å²) < 4.78 is 6.08. The molecule has 0 aliphatic rings. The minimum absolute atomic E-state index is 0.00683. The number of nitrogen functional groups attached to an aromatic ring is 1. The number of hydrogen-bond donors (Lipinski definition) is 2. The van der Waals surface area contributed by atoms with Gasteiger partial charge in [0.15, 0.2) is 17.2 Å². The topological polar surface area (TPSA) is 139 Å². The number of carbonyl (C=O) groups is 2. The van der Waals surface area contributed by atoms with Gasteiger partial charge in [0.2, 0.25) is 0 Å². The Labute approximate surface area is 113 Å². The number of rotatable bonds is 4. The Bertz CT molecular complexity index is 649. The second-order valence-corrected chi connectivity index (χ2v) is 3.74. The molecule has 0 unspecified atom stereocenters. The summed E-state index contributed by atoms with van der Waals surface area (Å²) in [6.45, 7) is 1.90. The van der Waals surface area contributed by atoms with Crippen molar-refractivity contribution in [3.8, 4) is 5.82 Å². The van der Waals surface area contributed by atoms with Gasteiger partial charge in [-0.3, -0.25) is 4.79 Å². The molecule has 0 bridgehead atoms. The molecule has 104 valence electrons. The molecule has 0 aliphatic heterocycles. The lowest BCUT2D eigenvalue weighted by molar-refractivity contribution is 0.0520. The number of hydrogen-bond acceptors (Lipinski definition) is 7. The van der Waals surface area contributed by atoms with Crippen LogP contribution in [0.15, 0.2) is 18.3 Å². The molecule has 0 radical (unpaired) electrons. The van der Waals surface area contributed by atoms with Crippen molar-refractivity contribution < 1.29 is 14.3 Å². The lowest BCUT2D eigenvalue weighted by Crippen LogP contribution is -2.14. The number of aromatic nitrogens is 4. The monoisotopic (exact) mass is 276 g/mol. The molecule has 1 amide bonds. The van der Waals surface area contributed by atoms with Crippen LogP contribution in [0.2, 0.25) is 0 Å². The smallest absolute Gasteiger partial charge is 0.361 e. The zero-order valence-corrected chi connectivity index (χ0v) is 10.6. The Morgan fingerprint density at radius 2 is 2.10 bits per heavy atom. The largest absolute Gasteiger partial charge is 0.461 e. The van der Waals surface area contributed by atoms with Gasteiger partial charge in [0.05, 0.1) is 18.5 Å². The van der Waals surface area contributed by atoms with Gasteiger partial charge in [0.25, 0.3) is 5.91 Å². The summed E-state index contributed by atoms with van der Waals surface area (Å²) in [5.41, 5.74) is 10.9. The molecule has 2 aromatic heterocycles. The van der Waals surface area contributed by atoms with E-state index in [0.29, 0.717) is 0 Å². The minimum Gasteiger partial charge on any atom is -0.461 e. The normalized spacial score (nSPS) is 10.2. The lowest BCUT2D eigenvalue weighted by Gasteiger charge is -2.00. The zero-order valence-electron chi connectivity index (χ0n) is 10.6. The zero-order chi connectivity index (χ0) is 14.7. The van der Waals surface area contributed by atoms with Crippen molar-refractivity contribution in [2.24, 2.45) is 5.73 Å². The maximum absolute atomic E-state index is 11.6. The highest BCUT2D eigenvalue weighted by Gasteiger charge is 2.17. The molecule has 0 saturated carbocycles. The molecule has 0 atom stereocenters. The quantitative estimate of drug-likeness (QED) is 0.719. The second-order valence-electron chi connectivity index (χ2n) is 3.74. The van der Waals surface area contributed by atoms with E-state index in [4.69, 9.17) is 16.2 Å². The molecule has 20 heavy (non-hydrogen) atoms. The van der Waals surface area contributed by atoms with E-state index in [-0.39, 0.29) is 29.5 Å². The van der Waals surface area contributed by atoms with Crippen LogP contribution in [0, 0.1) is 0 Å². The number of nitrogens with zero attached hydrogens (tertiary/aromatic N) is 4. The predicted octanol–water partition coefficient (Wildman–Crippen LogP) is -0.480. The van der Waals surface area contributed by atoms with Gasteiger partial charge in [-0.05, 0) is 19.1 Å². The Kier molecular flexibility index (Phi) is 3.60. The summed E-state index contributed by atoms with van der Waals surface area (Å²) in [4.78, 5) is 22.5. The summed E-state index contributed by atoms with van der Waals surface area (Å²) in [6, 6.07) is 2.88. The summed E-state index contributed by atoms with van der Waals surface area (Å²) in [5.74, 6) is -1.01. The fourth-order valence-corrected chi connectivity index (χ4v) is 1.44. The molecule has 0 saturated heterocycles. The van der Waals surface area contributed by atoms with Crippen LogP contribution in [0.1, 0.15) is 27.9 Å². The number of carbonyl (C=O) groups excluding carboxylic acids is 2. The molecule has 0 aliphatic carbocycles. The molecular formula is C11H12N6O3. The standard InChI is InChI=1S/C11H12N6O3/c1-2-20-11(19)9-6(12)5-17(16-9)8-4-3-7(10(13)18)14-15-8/h3-5H,2,12H2,1H3,(H2,13,18). The van der Waals surface area contributed by atoms with Crippen molar-refractivity contribution in [3.63, 3.8) is 0 Å². The first-order valence-electron chi connectivity index (χ1n) is 5.69. The number of amides is 1. The molecule has 4 N–H and O–H groups in total. The second kappa shape index (κ2) is 5.34. The first-order valence-corrected chi connectivity index (χ1v) is 5.69. The highest BCUT2D eigenvalue weighted by Crippen LogP contribution is 2.13. The number of nitrogens with two attached hydrogens (primary N) is 2. The van der Waals surface area contributed by atoms with Crippen LogP contribution in [0.25, 0.3) is 5.82 Å². The Morgan fingerprint density at radius 1 is 1.35 bits per heavy atom. The van der Waals surface area contributed by atoms with Crippen LogP contribution in [-0.4, -0.2) is 38.5 Å². The van der Waals surface area contributed by atoms with Gasteiger partial charge in [0.1, 0.15) is 0 Å². The summed E-state index contributed by atoms with van der Waals surface area (Å²) in [5, 5.41) is 11.4. The van der Waals surface area contributed by atoms with E-state index in [0.717, 1.165) is 0 Å². The number of esters is 1. The summed E-state index contributed by atoms with van der Waals surface area (Å²) >= 11 is 0. The number of primary amides is 1. The Balaban J connectivity index is 2.32. The summed E-state index contributed by atoms with van der Waals surface area (Å²) in [6.07, 6.45) is 1.40. The van der Waals surface area contributed by atoms with Gasteiger partial charge in [0, 0.05) is 0 Å². The van der Waals surface area contributed by atoms with E-state index < -0.39 is 11.9 Å². The van der Waals surface area contributed by atoms with Gasteiger partial charge in [-0.2, -0.15) is 5.10 Å². The highest BCUT2D eigenvalue weighted by atomic mass is 16.5. The fourth-order valence-electron chi connectivity index (χ4n) is 1.44. The van der Waals surface area contributed by atoms with E-state index in [9.17, 15) is 9.59 Å². The van der Waals surface area contributed by atoms with Crippen molar-refractivity contribution in [1.82, 2.24) is 20.0 Å². The van der Waals surface area contributed by atoms with Gasteiger partial charge in [-0.1, -0.05) is 0 Å². The third-order valence-electron chi connectivity index (χ3n) is 2.35. The van der Waals surface area contributed by atoms with Gasteiger partial charge in [-0.25, -0.2) is 9.48 Å². The van der Waals surface area contributed by atoms with Crippen LogP contribution >= 0.6 is 0 Å². The van der Waals surface area contributed by atoms with Crippen molar-refractivity contribution in [1.29, 1.82) is 0 Å². The average Bonchev–Trinajstić information content (AvgIpc) is 2.81. The van der Waals surface area contributed by atoms with Crippen LogP contribution < -0.4 is 11.5 Å². The number of anilines is 1. The third-order valence-corrected chi connectivity index (χ3v) is 2.35. The van der Waals surface area contributed by atoms with Gasteiger partial charge in [-0.15, -0.1) is 10.2 Å². The Morgan fingerprint density at radius 3 is 2.65 bits per heavy atom. The summed E-state index contributed by atoms with van der Waals surface area (Å²) in [7, 11) is 0. The lowest BCUT2D eigenvalue weighted by atomic mass is 10.4. The third kappa shape index (κ3) is 2.55. The predicted molar refractivity (Wildman–Crippen MR) is 68.0 cm³/mol. The maximum Gasteiger partial charge on any atom is 0.361 e. The SMILES string of the molecule is CCOC(=O)c1nn(-c2ccc(C(N)=O)nn2)cc1N. The van der Waals surface area contributed by atoms with E-state index in [1.165, 1.54) is 23.0 Å². The van der Waals surface area contributed by atoms with Crippen molar-refractivity contribution in [2.45, 2.75) is 6.92 Å². The molecule has 9 nitrogen and oxygen atoms in total. The van der Waals surface area contributed by atoms with Gasteiger partial charge >= 0.3 is 5.97 Å². The average molecular weight is 276 g/mol.